The van der Waals surface area contributed by atoms with Gasteiger partial charge in [0, 0.05) is 18.8 Å². The molecule has 2 heterocycles. The summed E-state index contributed by atoms with van der Waals surface area (Å²) in [5, 5.41) is 24.1. The third-order valence-corrected chi connectivity index (χ3v) is 4.84. The average molecular weight is 302 g/mol. The van der Waals surface area contributed by atoms with Crippen LogP contribution in [0.25, 0.3) is 0 Å². The number of carbonyl (C=O) groups excluding carboxylic acids is 1. The lowest BCUT2D eigenvalue weighted by Crippen LogP contribution is -2.40. The van der Waals surface area contributed by atoms with Crippen molar-refractivity contribution in [3.63, 3.8) is 0 Å². The Bertz CT molecular complexity index is 427. The SMILES string of the molecule is Cc1nnc(SCCCNC(=O)[C@@H]2C[C@@H](O)CN2)s1. The second-order valence-corrected chi connectivity index (χ2v) is 6.95. The average Bonchev–Trinajstić information content (AvgIpc) is 2.98. The first-order chi connectivity index (χ1) is 9.15. The molecule has 8 heteroatoms. The van der Waals surface area contributed by atoms with Crippen LogP contribution >= 0.6 is 23.1 Å². The minimum atomic E-state index is -0.396. The van der Waals surface area contributed by atoms with Gasteiger partial charge in [-0.05, 0) is 19.8 Å². The molecule has 1 fully saturated rings. The van der Waals surface area contributed by atoms with Gasteiger partial charge in [-0.25, -0.2) is 0 Å². The van der Waals surface area contributed by atoms with Gasteiger partial charge in [0.15, 0.2) is 4.34 Å². The van der Waals surface area contributed by atoms with Crippen LogP contribution in [-0.4, -0.2) is 52.2 Å². The Hall–Kier alpha value is -0.700. The highest BCUT2D eigenvalue weighted by molar-refractivity contribution is 8.01. The fraction of sp³-hybridized carbons (Fsp3) is 0.727. The molecule has 0 aromatic carbocycles. The van der Waals surface area contributed by atoms with E-state index in [1.54, 1.807) is 23.1 Å². The lowest BCUT2D eigenvalue weighted by atomic mass is 10.2. The lowest BCUT2D eigenvalue weighted by molar-refractivity contribution is -0.122. The zero-order chi connectivity index (χ0) is 13.7. The number of aliphatic hydroxyl groups is 1. The molecule has 0 bridgehead atoms. The number of hydrogen-bond acceptors (Lipinski definition) is 7. The van der Waals surface area contributed by atoms with Crippen LogP contribution < -0.4 is 10.6 Å². The summed E-state index contributed by atoms with van der Waals surface area (Å²) in [5.74, 6) is 0.892. The number of carbonyl (C=O) groups is 1. The number of amides is 1. The van der Waals surface area contributed by atoms with E-state index in [1.165, 1.54) is 0 Å². The number of nitrogens with one attached hydrogen (secondary N) is 2. The fourth-order valence-electron chi connectivity index (χ4n) is 1.82. The maximum Gasteiger partial charge on any atom is 0.237 e. The molecule has 1 saturated heterocycles. The molecule has 0 saturated carbocycles. The Morgan fingerprint density at radius 3 is 3.11 bits per heavy atom. The molecule has 1 aromatic rings. The molecule has 6 nitrogen and oxygen atoms in total. The summed E-state index contributed by atoms with van der Waals surface area (Å²) in [6.07, 6.45) is 1.00. The number of β-amino-alcohol motifs (C(OH)–C–C–N with tert-alkyl or cyclic N) is 1. The molecule has 0 unspecified atom stereocenters. The Kier molecular flexibility index (Phi) is 5.56. The highest BCUT2D eigenvalue weighted by atomic mass is 32.2. The van der Waals surface area contributed by atoms with Crippen molar-refractivity contribution in [3.8, 4) is 0 Å². The highest BCUT2D eigenvalue weighted by Crippen LogP contribution is 2.21. The summed E-state index contributed by atoms with van der Waals surface area (Å²) in [4.78, 5) is 11.7. The van der Waals surface area contributed by atoms with Crippen molar-refractivity contribution in [2.75, 3.05) is 18.8 Å². The van der Waals surface area contributed by atoms with Crippen LogP contribution in [0.4, 0.5) is 0 Å². The van der Waals surface area contributed by atoms with E-state index < -0.39 is 6.10 Å². The Morgan fingerprint density at radius 2 is 2.47 bits per heavy atom. The molecule has 1 aliphatic heterocycles. The number of hydrogen-bond donors (Lipinski definition) is 3. The topological polar surface area (TPSA) is 87.1 Å². The molecule has 2 atom stereocenters. The zero-order valence-electron chi connectivity index (χ0n) is 10.8. The minimum absolute atomic E-state index is 0.0201. The monoisotopic (exact) mass is 302 g/mol. The van der Waals surface area contributed by atoms with Crippen LogP contribution in [-0.2, 0) is 4.79 Å². The van der Waals surface area contributed by atoms with Gasteiger partial charge >= 0.3 is 0 Å². The van der Waals surface area contributed by atoms with E-state index in [0.29, 0.717) is 19.5 Å². The van der Waals surface area contributed by atoms with Gasteiger partial charge in [0.2, 0.25) is 5.91 Å². The summed E-state index contributed by atoms with van der Waals surface area (Å²) in [6, 6.07) is -0.242. The molecule has 2 rings (SSSR count). The van der Waals surface area contributed by atoms with Gasteiger partial charge in [-0.2, -0.15) is 0 Å². The predicted molar refractivity (Wildman–Crippen MR) is 75.4 cm³/mol. The maximum absolute atomic E-state index is 11.7. The second kappa shape index (κ2) is 7.18. The second-order valence-electron chi connectivity index (χ2n) is 4.43. The molecule has 19 heavy (non-hydrogen) atoms. The van der Waals surface area contributed by atoms with Crippen molar-refractivity contribution in [2.24, 2.45) is 0 Å². The van der Waals surface area contributed by atoms with E-state index in [-0.39, 0.29) is 11.9 Å². The number of rotatable bonds is 6. The summed E-state index contributed by atoms with van der Waals surface area (Å²) in [6.45, 7) is 3.09. The third kappa shape index (κ3) is 4.72. The van der Waals surface area contributed by atoms with Crippen molar-refractivity contribution in [2.45, 2.75) is 36.3 Å². The van der Waals surface area contributed by atoms with Crippen LogP contribution in [0, 0.1) is 6.92 Å². The molecule has 0 aliphatic carbocycles. The lowest BCUT2D eigenvalue weighted by Gasteiger charge is -2.10. The first-order valence-corrected chi connectivity index (χ1v) is 8.07. The van der Waals surface area contributed by atoms with Crippen molar-refractivity contribution >= 4 is 29.0 Å². The van der Waals surface area contributed by atoms with Gasteiger partial charge in [-0.1, -0.05) is 23.1 Å². The van der Waals surface area contributed by atoms with E-state index in [9.17, 15) is 9.90 Å². The van der Waals surface area contributed by atoms with Gasteiger partial charge < -0.3 is 15.7 Å². The van der Waals surface area contributed by atoms with Gasteiger partial charge in [-0.15, -0.1) is 10.2 Å². The van der Waals surface area contributed by atoms with Gasteiger partial charge in [0.25, 0.3) is 0 Å². The molecule has 0 radical (unpaired) electrons. The Labute approximate surface area is 120 Å². The van der Waals surface area contributed by atoms with E-state index >= 15 is 0 Å². The molecular weight excluding hydrogens is 284 g/mol. The van der Waals surface area contributed by atoms with Crippen molar-refractivity contribution < 1.29 is 9.90 Å². The van der Waals surface area contributed by atoms with Crippen LogP contribution in [0.1, 0.15) is 17.8 Å². The fourth-order valence-corrected chi connectivity index (χ4v) is 3.65. The van der Waals surface area contributed by atoms with Crippen LogP contribution in [0.5, 0.6) is 0 Å². The number of aromatic nitrogens is 2. The van der Waals surface area contributed by atoms with E-state index in [0.717, 1.165) is 21.5 Å². The van der Waals surface area contributed by atoms with Crippen LogP contribution in [0.2, 0.25) is 0 Å². The summed E-state index contributed by atoms with van der Waals surface area (Å²) >= 11 is 3.25. The van der Waals surface area contributed by atoms with E-state index in [1.807, 2.05) is 6.92 Å². The first-order valence-electron chi connectivity index (χ1n) is 6.27. The molecule has 1 amide bonds. The predicted octanol–water partition coefficient (Wildman–Crippen LogP) is 0.168. The molecule has 106 valence electrons. The molecule has 3 N–H and O–H groups in total. The largest absolute Gasteiger partial charge is 0.392 e. The summed E-state index contributed by atoms with van der Waals surface area (Å²) in [5.41, 5.74) is 0. The molecule has 0 spiro atoms. The minimum Gasteiger partial charge on any atom is -0.392 e. The first kappa shape index (κ1) is 14.7. The third-order valence-electron chi connectivity index (χ3n) is 2.78. The maximum atomic E-state index is 11.7. The number of nitrogens with zero attached hydrogens (tertiary/aromatic N) is 2. The summed E-state index contributed by atoms with van der Waals surface area (Å²) < 4.78 is 0.976. The number of aliphatic hydroxyl groups excluding tert-OH is 1. The Balaban J connectivity index is 1.55. The van der Waals surface area contributed by atoms with Crippen molar-refractivity contribution in [1.82, 2.24) is 20.8 Å². The zero-order valence-corrected chi connectivity index (χ0v) is 12.4. The van der Waals surface area contributed by atoms with Crippen LogP contribution in [0.15, 0.2) is 4.34 Å². The smallest absolute Gasteiger partial charge is 0.237 e. The van der Waals surface area contributed by atoms with Crippen molar-refractivity contribution in [1.29, 1.82) is 0 Å². The molecule has 1 aliphatic rings. The van der Waals surface area contributed by atoms with E-state index in [2.05, 4.69) is 20.8 Å². The number of aryl methyl sites for hydroxylation is 1. The molecule has 1 aromatic heterocycles. The Morgan fingerprint density at radius 1 is 1.63 bits per heavy atom. The molecular formula is C11H18N4O2S2. The quantitative estimate of drug-likeness (QED) is 0.513. The van der Waals surface area contributed by atoms with Crippen molar-refractivity contribution in [3.05, 3.63) is 5.01 Å². The number of thioether (sulfide) groups is 1. The van der Waals surface area contributed by atoms with Gasteiger partial charge in [0.05, 0.1) is 12.1 Å². The standard InChI is InChI=1S/C11H18N4O2S2/c1-7-14-15-11(19-7)18-4-2-3-12-10(17)9-5-8(16)6-13-9/h8-9,13,16H,2-6H2,1H3,(H,12,17)/t8-,9+/m1/s1. The highest BCUT2D eigenvalue weighted by Gasteiger charge is 2.27. The normalized spacial score (nSPS) is 22.6. The van der Waals surface area contributed by atoms with Gasteiger partial charge in [-0.3, -0.25) is 4.79 Å². The van der Waals surface area contributed by atoms with Crippen LogP contribution in [0.3, 0.4) is 0 Å². The van der Waals surface area contributed by atoms with Gasteiger partial charge in [0.1, 0.15) is 5.01 Å². The summed E-state index contributed by atoms with van der Waals surface area (Å²) in [7, 11) is 0. The van der Waals surface area contributed by atoms with E-state index in [4.69, 9.17) is 0 Å².